The van der Waals surface area contributed by atoms with Gasteiger partial charge in [0.05, 0.1) is 19.0 Å². The van der Waals surface area contributed by atoms with Crippen molar-refractivity contribution in [3.63, 3.8) is 0 Å². The Balaban J connectivity index is 1.88. The minimum atomic E-state index is -0.597. The van der Waals surface area contributed by atoms with E-state index in [2.05, 4.69) is 15.3 Å². The smallest absolute Gasteiger partial charge is 0.268 e. The summed E-state index contributed by atoms with van der Waals surface area (Å²) in [4.78, 5) is 18.9. The number of carbonyl (C=O) groups excluding carboxylic acids is 1. The van der Waals surface area contributed by atoms with E-state index in [1.54, 1.807) is 6.20 Å². The molecule has 0 aliphatic carbocycles. The third kappa shape index (κ3) is 3.76. The number of nitrogens with zero attached hydrogens (tertiary/aromatic N) is 2. The molecule has 104 valence electrons. The van der Waals surface area contributed by atoms with E-state index >= 15 is 0 Å². The van der Waals surface area contributed by atoms with E-state index in [1.165, 1.54) is 6.20 Å². The number of nitrogens with two attached hydrogens (primary N) is 1. The molecule has 0 radical (unpaired) electrons. The minimum absolute atomic E-state index is 0.0496. The summed E-state index contributed by atoms with van der Waals surface area (Å²) in [6.45, 7) is 0.712. The Kier molecular flexibility index (Phi) is 4.62. The maximum absolute atomic E-state index is 11.0. The van der Waals surface area contributed by atoms with Gasteiger partial charge in [0.2, 0.25) is 0 Å². The molecule has 1 heterocycles. The summed E-state index contributed by atoms with van der Waals surface area (Å²) in [7, 11) is 0. The van der Waals surface area contributed by atoms with Crippen LogP contribution in [0.5, 0.6) is 0 Å². The molecule has 1 aromatic heterocycles. The summed E-state index contributed by atoms with van der Waals surface area (Å²) in [5, 5.41) is 12.0. The first-order chi connectivity index (χ1) is 9.69. The number of aliphatic hydroxyl groups excluding tert-OH is 1. The fraction of sp³-hybridized carbons (Fsp3) is 0.214. The number of amides is 1. The Morgan fingerprint density at radius 2 is 1.90 bits per heavy atom. The maximum Gasteiger partial charge on any atom is 0.268 e. The topological polar surface area (TPSA) is 101 Å². The summed E-state index contributed by atoms with van der Waals surface area (Å²) in [6.07, 6.45) is 3.68. The van der Waals surface area contributed by atoms with Crippen molar-refractivity contribution in [3.8, 4) is 0 Å². The molecule has 6 heteroatoms. The zero-order valence-electron chi connectivity index (χ0n) is 10.9. The van der Waals surface area contributed by atoms with E-state index < -0.39 is 5.91 Å². The molecule has 0 atom stereocenters. The molecule has 0 unspecified atom stereocenters. The maximum atomic E-state index is 11.0. The van der Waals surface area contributed by atoms with Gasteiger partial charge in [-0.3, -0.25) is 9.78 Å². The number of aliphatic hydroxyl groups is 1. The minimum Gasteiger partial charge on any atom is -0.392 e. The number of anilines is 1. The summed E-state index contributed by atoms with van der Waals surface area (Å²) in [5.41, 5.74) is 7.32. The van der Waals surface area contributed by atoms with Gasteiger partial charge >= 0.3 is 0 Å². The van der Waals surface area contributed by atoms with Crippen molar-refractivity contribution in [2.24, 2.45) is 5.73 Å². The van der Waals surface area contributed by atoms with E-state index in [0.717, 1.165) is 17.5 Å². The van der Waals surface area contributed by atoms with Crippen LogP contribution in [0.1, 0.15) is 21.6 Å². The second-order valence-electron chi connectivity index (χ2n) is 4.31. The SMILES string of the molecule is NC(=O)c1cncc(NCCc2ccc(CO)cc2)n1. The fourth-order valence-electron chi connectivity index (χ4n) is 1.72. The van der Waals surface area contributed by atoms with Crippen LogP contribution in [0.25, 0.3) is 0 Å². The van der Waals surface area contributed by atoms with Crippen molar-refractivity contribution in [3.05, 3.63) is 53.5 Å². The van der Waals surface area contributed by atoms with E-state index in [9.17, 15) is 4.79 Å². The molecule has 2 aromatic rings. The third-order valence-corrected chi connectivity index (χ3v) is 2.81. The molecular weight excluding hydrogens is 256 g/mol. The number of rotatable bonds is 6. The predicted molar refractivity (Wildman–Crippen MR) is 75.1 cm³/mol. The van der Waals surface area contributed by atoms with Gasteiger partial charge in [0, 0.05) is 6.54 Å². The highest BCUT2D eigenvalue weighted by Crippen LogP contribution is 2.06. The van der Waals surface area contributed by atoms with Crippen LogP contribution >= 0.6 is 0 Å². The van der Waals surface area contributed by atoms with Crippen molar-refractivity contribution < 1.29 is 9.90 Å². The molecule has 4 N–H and O–H groups in total. The highest BCUT2D eigenvalue weighted by molar-refractivity contribution is 5.90. The van der Waals surface area contributed by atoms with Crippen LogP contribution in [-0.4, -0.2) is 27.5 Å². The number of nitrogens with one attached hydrogen (secondary N) is 1. The summed E-state index contributed by atoms with van der Waals surface area (Å²) < 4.78 is 0. The molecule has 0 saturated heterocycles. The van der Waals surface area contributed by atoms with Crippen LogP contribution in [0, 0.1) is 0 Å². The molecule has 0 bridgehead atoms. The molecule has 0 aliphatic rings. The highest BCUT2D eigenvalue weighted by Gasteiger charge is 2.03. The van der Waals surface area contributed by atoms with Crippen molar-refractivity contribution >= 4 is 11.7 Å². The Hall–Kier alpha value is -2.47. The number of carbonyl (C=O) groups is 1. The second-order valence-corrected chi connectivity index (χ2v) is 4.31. The number of hydrogen-bond donors (Lipinski definition) is 3. The van der Waals surface area contributed by atoms with E-state index in [1.807, 2.05) is 24.3 Å². The summed E-state index contributed by atoms with van der Waals surface area (Å²) in [5.74, 6) is -0.0750. The second kappa shape index (κ2) is 6.63. The first-order valence-corrected chi connectivity index (χ1v) is 6.23. The number of benzene rings is 1. The summed E-state index contributed by atoms with van der Waals surface area (Å²) >= 11 is 0. The Labute approximate surface area is 116 Å². The van der Waals surface area contributed by atoms with Gasteiger partial charge in [-0.05, 0) is 17.5 Å². The first-order valence-electron chi connectivity index (χ1n) is 6.23. The lowest BCUT2D eigenvalue weighted by atomic mass is 10.1. The van der Waals surface area contributed by atoms with Gasteiger partial charge in [-0.25, -0.2) is 4.98 Å². The Morgan fingerprint density at radius 3 is 2.55 bits per heavy atom. The van der Waals surface area contributed by atoms with Crippen molar-refractivity contribution in [2.75, 3.05) is 11.9 Å². The van der Waals surface area contributed by atoms with Gasteiger partial charge in [-0.15, -0.1) is 0 Å². The normalized spacial score (nSPS) is 10.2. The fourth-order valence-corrected chi connectivity index (χ4v) is 1.72. The Morgan fingerprint density at radius 1 is 1.20 bits per heavy atom. The molecular formula is C14H16N4O2. The zero-order chi connectivity index (χ0) is 14.4. The lowest BCUT2D eigenvalue weighted by Crippen LogP contribution is -2.15. The van der Waals surface area contributed by atoms with Crippen molar-refractivity contribution in [1.29, 1.82) is 0 Å². The average molecular weight is 272 g/mol. The zero-order valence-corrected chi connectivity index (χ0v) is 10.9. The quantitative estimate of drug-likeness (QED) is 0.719. The highest BCUT2D eigenvalue weighted by atomic mass is 16.3. The monoisotopic (exact) mass is 272 g/mol. The van der Waals surface area contributed by atoms with E-state index in [-0.39, 0.29) is 12.3 Å². The molecule has 20 heavy (non-hydrogen) atoms. The molecule has 2 rings (SSSR count). The molecule has 6 nitrogen and oxygen atoms in total. The van der Waals surface area contributed by atoms with Gasteiger partial charge in [0.25, 0.3) is 5.91 Å². The van der Waals surface area contributed by atoms with Gasteiger partial charge in [-0.2, -0.15) is 0 Å². The van der Waals surface area contributed by atoms with Crippen LogP contribution in [0.3, 0.4) is 0 Å². The molecule has 1 aromatic carbocycles. The number of aromatic nitrogens is 2. The van der Waals surface area contributed by atoms with Crippen molar-refractivity contribution in [2.45, 2.75) is 13.0 Å². The lowest BCUT2D eigenvalue weighted by molar-refractivity contribution is 0.0995. The molecule has 1 amide bonds. The van der Waals surface area contributed by atoms with Crippen LogP contribution in [0.2, 0.25) is 0 Å². The first kappa shape index (κ1) is 14.0. The molecule has 0 saturated carbocycles. The van der Waals surface area contributed by atoms with Crippen LogP contribution in [0.4, 0.5) is 5.82 Å². The summed E-state index contributed by atoms with van der Waals surface area (Å²) in [6, 6.07) is 7.73. The Bertz CT molecular complexity index is 584. The third-order valence-electron chi connectivity index (χ3n) is 2.81. The molecule has 0 aliphatic heterocycles. The number of primary amides is 1. The standard InChI is InChI=1S/C14H16N4O2/c15-14(20)12-7-16-8-13(18-12)17-6-5-10-1-3-11(9-19)4-2-10/h1-4,7-8,19H,5-6,9H2,(H2,15,20)(H,17,18). The van der Waals surface area contributed by atoms with Crippen LogP contribution in [0.15, 0.2) is 36.7 Å². The number of hydrogen-bond acceptors (Lipinski definition) is 5. The van der Waals surface area contributed by atoms with Gasteiger partial charge < -0.3 is 16.2 Å². The van der Waals surface area contributed by atoms with E-state index in [0.29, 0.717) is 12.4 Å². The predicted octanol–water partition coefficient (Wildman–Crippen LogP) is 0.722. The van der Waals surface area contributed by atoms with Gasteiger partial charge in [-0.1, -0.05) is 24.3 Å². The van der Waals surface area contributed by atoms with E-state index in [4.69, 9.17) is 10.8 Å². The molecule has 0 fully saturated rings. The van der Waals surface area contributed by atoms with Crippen molar-refractivity contribution in [1.82, 2.24) is 9.97 Å². The van der Waals surface area contributed by atoms with Gasteiger partial charge in [0.1, 0.15) is 11.5 Å². The van der Waals surface area contributed by atoms with Crippen LogP contribution < -0.4 is 11.1 Å². The van der Waals surface area contributed by atoms with Crippen LogP contribution in [-0.2, 0) is 13.0 Å². The van der Waals surface area contributed by atoms with Gasteiger partial charge in [0.15, 0.2) is 0 Å². The average Bonchev–Trinajstić information content (AvgIpc) is 2.48. The lowest BCUT2D eigenvalue weighted by Gasteiger charge is -2.06. The largest absolute Gasteiger partial charge is 0.392 e. The molecule has 0 spiro atoms.